The summed E-state index contributed by atoms with van der Waals surface area (Å²) in [6, 6.07) is 8.41. The molecule has 1 heterocycles. The lowest BCUT2D eigenvalue weighted by Gasteiger charge is -2.32. The van der Waals surface area contributed by atoms with Crippen LogP contribution in [0.2, 0.25) is 0 Å². The molecular weight excluding hydrogens is 280 g/mol. The zero-order chi connectivity index (χ0) is 15.2. The first-order valence-corrected chi connectivity index (χ1v) is 8.22. The van der Waals surface area contributed by atoms with Crippen LogP contribution in [-0.4, -0.2) is 48.7 Å². The maximum absolute atomic E-state index is 5.73. The fraction of sp³-hybridized carbons (Fsp3) is 0.588. The number of nitrogens with zero attached hydrogens (tertiary/aromatic N) is 2. The quantitative estimate of drug-likeness (QED) is 0.791. The lowest BCUT2D eigenvalue weighted by molar-refractivity contribution is 0.208. The van der Waals surface area contributed by atoms with Crippen LogP contribution in [0.3, 0.4) is 0 Å². The van der Waals surface area contributed by atoms with Crippen LogP contribution in [-0.2, 0) is 0 Å². The molecule has 1 aromatic rings. The van der Waals surface area contributed by atoms with Crippen molar-refractivity contribution >= 4 is 17.4 Å². The minimum Gasteiger partial charge on any atom is -0.432 e. The van der Waals surface area contributed by atoms with Crippen molar-refractivity contribution in [1.82, 2.24) is 9.80 Å². The Balaban J connectivity index is 2.04. The van der Waals surface area contributed by atoms with E-state index in [-0.39, 0.29) is 0 Å². The summed E-state index contributed by atoms with van der Waals surface area (Å²) in [6.07, 6.45) is 3.78. The van der Waals surface area contributed by atoms with Gasteiger partial charge in [-0.05, 0) is 68.2 Å². The Kier molecular flexibility index (Phi) is 6.00. The minimum absolute atomic E-state index is 0.503. The van der Waals surface area contributed by atoms with E-state index in [1.54, 1.807) is 0 Å². The summed E-state index contributed by atoms with van der Waals surface area (Å²) in [7, 11) is 3.80. The number of benzene rings is 1. The van der Waals surface area contributed by atoms with Crippen LogP contribution in [0.4, 0.5) is 0 Å². The lowest BCUT2D eigenvalue weighted by atomic mass is 9.90. The number of rotatable bonds is 4. The average molecular weight is 306 g/mol. The molecular formula is C17H26N2OS. The van der Waals surface area contributed by atoms with Gasteiger partial charge in [0.2, 0.25) is 0 Å². The van der Waals surface area contributed by atoms with Gasteiger partial charge in [0, 0.05) is 20.6 Å². The number of piperidine rings is 1. The van der Waals surface area contributed by atoms with Gasteiger partial charge in [0.25, 0.3) is 5.17 Å². The lowest BCUT2D eigenvalue weighted by Crippen LogP contribution is -2.34. The first-order valence-electron chi connectivity index (χ1n) is 7.81. The Morgan fingerprint density at radius 1 is 1.43 bits per heavy atom. The van der Waals surface area contributed by atoms with Crippen LogP contribution in [0, 0.1) is 0 Å². The smallest absolute Gasteiger partial charge is 0.264 e. The highest BCUT2D eigenvalue weighted by Crippen LogP contribution is 2.29. The molecule has 2 rings (SSSR count). The van der Waals surface area contributed by atoms with Gasteiger partial charge in [-0.1, -0.05) is 19.1 Å². The van der Waals surface area contributed by atoms with Gasteiger partial charge >= 0.3 is 0 Å². The van der Waals surface area contributed by atoms with E-state index in [2.05, 4.69) is 30.0 Å². The number of hydrogen-bond donors (Lipinski definition) is 0. The van der Waals surface area contributed by atoms with E-state index in [4.69, 9.17) is 17.0 Å². The summed E-state index contributed by atoms with van der Waals surface area (Å²) in [5.74, 6) is 1.46. The average Bonchev–Trinajstić information content (AvgIpc) is 2.48. The normalized spacial score (nSPS) is 19.3. The molecule has 0 spiro atoms. The van der Waals surface area contributed by atoms with Crippen molar-refractivity contribution in [1.29, 1.82) is 0 Å². The number of hydrogen-bond acceptors (Lipinski definition) is 3. The molecule has 0 aromatic heterocycles. The molecule has 1 fully saturated rings. The van der Waals surface area contributed by atoms with Crippen LogP contribution < -0.4 is 4.74 Å². The van der Waals surface area contributed by atoms with E-state index in [1.165, 1.54) is 37.9 Å². The second-order valence-electron chi connectivity index (χ2n) is 5.97. The Labute approximate surface area is 133 Å². The van der Waals surface area contributed by atoms with Gasteiger partial charge in [-0.2, -0.15) is 0 Å². The highest BCUT2D eigenvalue weighted by molar-refractivity contribution is 7.80. The third-order valence-electron chi connectivity index (χ3n) is 3.95. The molecule has 21 heavy (non-hydrogen) atoms. The first-order chi connectivity index (χ1) is 10.1. The molecule has 1 saturated heterocycles. The topological polar surface area (TPSA) is 15.7 Å². The Bertz CT molecular complexity index is 474. The highest BCUT2D eigenvalue weighted by atomic mass is 32.1. The summed E-state index contributed by atoms with van der Waals surface area (Å²) in [6.45, 7) is 5.86. The van der Waals surface area contributed by atoms with Crippen molar-refractivity contribution in [3.63, 3.8) is 0 Å². The Hall–Kier alpha value is -1.13. The molecule has 0 unspecified atom stereocenters. The van der Waals surface area contributed by atoms with Gasteiger partial charge in [0.1, 0.15) is 5.75 Å². The van der Waals surface area contributed by atoms with Gasteiger partial charge in [0.05, 0.1) is 0 Å². The molecule has 4 heteroatoms. The van der Waals surface area contributed by atoms with E-state index in [0.29, 0.717) is 11.1 Å². The Morgan fingerprint density at radius 2 is 2.24 bits per heavy atom. The molecule has 0 bridgehead atoms. The Morgan fingerprint density at radius 3 is 2.95 bits per heavy atom. The fourth-order valence-corrected chi connectivity index (χ4v) is 2.97. The van der Waals surface area contributed by atoms with Crippen LogP contribution in [0.1, 0.15) is 37.7 Å². The van der Waals surface area contributed by atoms with Crippen molar-refractivity contribution in [3.8, 4) is 5.75 Å². The van der Waals surface area contributed by atoms with Crippen LogP contribution in [0.25, 0.3) is 0 Å². The van der Waals surface area contributed by atoms with Gasteiger partial charge < -0.3 is 14.5 Å². The fourth-order valence-electron chi connectivity index (χ4n) is 2.87. The van der Waals surface area contributed by atoms with E-state index in [1.807, 2.05) is 25.1 Å². The van der Waals surface area contributed by atoms with E-state index < -0.39 is 0 Å². The van der Waals surface area contributed by atoms with Crippen molar-refractivity contribution in [2.24, 2.45) is 0 Å². The van der Waals surface area contributed by atoms with Crippen molar-refractivity contribution in [2.75, 3.05) is 33.7 Å². The minimum atomic E-state index is 0.503. The SMILES string of the molecule is CCCN1CCC[C@@H](c2cccc(OC(=S)N(C)C)c2)C1. The van der Waals surface area contributed by atoms with Crippen molar-refractivity contribution < 1.29 is 4.74 Å². The zero-order valence-corrected chi connectivity index (χ0v) is 14.2. The molecule has 1 aliphatic heterocycles. The van der Waals surface area contributed by atoms with E-state index in [9.17, 15) is 0 Å². The maximum Gasteiger partial charge on any atom is 0.264 e. The van der Waals surface area contributed by atoms with Gasteiger partial charge in [-0.25, -0.2) is 0 Å². The van der Waals surface area contributed by atoms with Gasteiger partial charge in [0.15, 0.2) is 0 Å². The third-order valence-corrected chi connectivity index (χ3v) is 4.39. The van der Waals surface area contributed by atoms with E-state index in [0.717, 1.165) is 12.3 Å². The molecule has 116 valence electrons. The first kappa shape index (κ1) is 16.2. The predicted molar refractivity (Wildman–Crippen MR) is 92.1 cm³/mol. The molecule has 1 aliphatic rings. The summed E-state index contributed by atoms with van der Waals surface area (Å²) in [5.41, 5.74) is 1.37. The number of thiocarbonyl (C=S) groups is 1. The van der Waals surface area contributed by atoms with Crippen molar-refractivity contribution in [3.05, 3.63) is 29.8 Å². The molecule has 3 nitrogen and oxygen atoms in total. The summed E-state index contributed by atoms with van der Waals surface area (Å²) in [4.78, 5) is 4.39. The summed E-state index contributed by atoms with van der Waals surface area (Å²) < 4.78 is 5.73. The molecule has 1 atom stereocenters. The largest absolute Gasteiger partial charge is 0.432 e. The molecule has 0 amide bonds. The predicted octanol–water partition coefficient (Wildman–Crippen LogP) is 3.50. The third kappa shape index (κ3) is 4.68. The molecule has 0 N–H and O–H groups in total. The van der Waals surface area contributed by atoms with Crippen LogP contribution in [0.15, 0.2) is 24.3 Å². The standard InChI is InChI=1S/C17H26N2OS/c1-4-10-19-11-6-8-15(13-19)14-7-5-9-16(12-14)20-17(21)18(2)3/h5,7,9,12,15H,4,6,8,10-11,13H2,1-3H3/t15-/m1/s1. The summed E-state index contributed by atoms with van der Waals surface area (Å²) in [5, 5.41) is 0.503. The molecule has 0 radical (unpaired) electrons. The highest BCUT2D eigenvalue weighted by Gasteiger charge is 2.21. The van der Waals surface area contributed by atoms with E-state index >= 15 is 0 Å². The zero-order valence-electron chi connectivity index (χ0n) is 13.3. The second kappa shape index (κ2) is 7.76. The van der Waals surface area contributed by atoms with Crippen molar-refractivity contribution in [2.45, 2.75) is 32.1 Å². The second-order valence-corrected chi connectivity index (χ2v) is 6.32. The molecule has 0 aliphatic carbocycles. The van der Waals surface area contributed by atoms with Crippen LogP contribution >= 0.6 is 12.2 Å². The van der Waals surface area contributed by atoms with Crippen LogP contribution in [0.5, 0.6) is 5.75 Å². The monoisotopic (exact) mass is 306 g/mol. The number of likely N-dealkylation sites (tertiary alicyclic amines) is 1. The molecule has 0 saturated carbocycles. The summed E-state index contributed by atoms with van der Waals surface area (Å²) >= 11 is 5.21. The number of ether oxygens (including phenoxy) is 1. The maximum atomic E-state index is 5.73. The van der Waals surface area contributed by atoms with Gasteiger partial charge in [-0.3, -0.25) is 0 Å². The molecule has 1 aromatic carbocycles. The van der Waals surface area contributed by atoms with Gasteiger partial charge in [-0.15, -0.1) is 0 Å².